The minimum absolute atomic E-state index is 0.0121. The van der Waals surface area contributed by atoms with Crippen LogP contribution in [0.3, 0.4) is 0 Å². The van der Waals surface area contributed by atoms with Crippen molar-refractivity contribution in [1.29, 1.82) is 0 Å². The molecule has 138 valence electrons. The zero-order chi connectivity index (χ0) is 19.5. The third-order valence-corrected chi connectivity index (χ3v) is 4.39. The molecule has 1 N–H and O–H groups in total. The van der Waals surface area contributed by atoms with Crippen molar-refractivity contribution < 1.29 is 4.79 Å². The van der Waals surface area contributed by atoms with Crippen molar-refractivity contribution >= 4 is 34.5 Å². The van der Waals surface area contributed by atoms with E-state index in [0.717, 1.165) is 5.56 Å². The molecule has 0 unspecified atom stereocenters. The first-order valence-electron chi connectivity index (χ1n) is 8.43. The highest BCUT2D eigenvalue weighted by Gasteiger charge is 2.17. The molecule has 0 spiro atoms. The number of rotatable bonds is 4. The number of aromatic nitrogens is 4. The second kappa shape index (κ2) is 7.58. The Bertz CT molecular complexity index is 1210. The van der Waals surface area contributed by atoms with Gasteiger partial charge in [0.2, 0.25) is 5.95 Å². The van der Waals surface area contributed by atoms with Crippen LogP contribution in [0.2, 0.25) is 5.02 Å². The Hall–Kier alpha value is -3.58. The number of carbonyl (C=O) groups is 1. The molecule has 0 bridgehead atoms. The summed E-state index contributed by atoms with van der Waals surface area (Å²) in [5.41, 5.74) is 0.897. The van der Waals surface area contributed by atoms with E-state index in [1.165, 1.54) is 23.0 Å². The number of anilines is 1. The Balaban J connectivity index is 1.79. The number of fused-ring (bicyclic) bond motifs is 1. The van der Waals surface area contributed by atoms with E-state index in [1.54, 1.807) is 36.5 Å². The van der Waals surface area contributed by atoms with Crippen LogP contribution < -0.4 is 10.9 Å². The molecule has 0 aliphatic heterocycles. The highest BCUT2D eigenvalue weighted by molar-refractivity contribution is 6.30. The van der Waals surface area contributed by atoms with Crippen LogP contribution in [-0.4, -0.2) is 25.4 Å². The number of hydrogen-bond donors (Lipinski definition) is 1. The van der Waals surface area contributed by atoms with Crippen molar-refractivity contribution in [2.24, 2.45) is 0 Å². The lowest BCUT2D eigenvalue weighted by Crippen LogP contribution is -2.30. The second-order valence-electron chi connectivity index (χ2n) is 6.02. The maximum atomic E-state index is 13.1. The van der Waals surface area contributed by atoms with Crippen LogP contribution in [0.25, 0.3) is 11.0 Å². The molecule has 28 heavy (non-hydrogen) atoms. The van der Waals surface area contributed by atoms with Gasteiger partial charge in [-0.2, -0.15) is 0 Å². The fourth-order valence-electron chi connectivity index (χ4n) is 2.82. The van der Waals surface area contributed by atoms with Gasteiger partial charge >= 0.3 is 0 Å². The number of hydrogen-bond acceptors (Lipinski definition) is 5. The first-order chi connectivity index (χ1) is 13.6. The van der Waals surface area contributed by atoms with Gasteiger partial charge < -0.3 is 0 Å². The minimum Gasteiger partial charge on any atom is -0.290 e. The Morgan fingerprint density at radius 3 is 2.46 bits per heavy atom. The van der Waals surface area contributed by atoms with Crippen LogP contribution in [0.4, 0.5) is 5.95 Å². The van der Waals surface area contributed by atoms with Crippen LogP contribution in [0.5, 0.6) is 0 Å². The summed E-state index contributed by atoms with van der Waals surface area (Å²) in [5, 5.41) is 3.83. The van der Waals surface area contributed by atoms with Crippen molar-refractivity contribution in [3.8, 4) is 0 Å². The molecule has 0 saturated heterocycles. The fraction of sp³-hybridized carbons (Fsp3) is 0.0500. The van der Waals surface area contributed by atoms with E-state index in [0.29, 0.717) is 16.1 Å². The molecule has 4 rings (SSSR count). The second-order valence-corrected chi connectivity index (χ2v) is 6.45. The molecule has 4 aromatic rings. The number of pyridine rings is 2. The van der Waals surface area contributed by atoms with Gasteiger partial charge in [0.1, 0.15) is 11.2 Å². The van der Waals surface area contributed by atoms with E-state index in [-0.39, 0.29) is 18.1 Å². The molecule has 7 nitrogen and oxygen atoms in total. The Morgan fingerprint density at radius 1 is 1.00 bits per heavy atom. The quantitative estimate of drug-likeness (QED) is 0.577. The van der Waals surface area contributed by atoms with Crippen LogP contribution in [0, 0.1) is 0 Å². The highest BCUT2D eigenvalue weighted by Crippen LogP contribution is 2.15. The summed E-state index contributed by atoms with van der Waals surface area (Å²) in [5.74, 6) is -0.450. The van der Waals surface area contributed by atoms with E-state index < -0.39 is 11.5 Å². The number of amides is 1. The molecule has 8 heteroatoms. The molecule has 1 amide bonds. The van der Waals surface area contributed by atoms with Gasteiger partial charge in [0.05, 0.1) is 6.54 Å². The van der Waals surface area contributed by atoms with Gasteiger partial charge in [-0.1, -0.05) is 23.7 Å². The van der Waals surface area contributed by atoms with Crippen molar-refractivity contribution in [3.05, 3.63) is 93.6 Å². The molecular weight excluding hydrogens is 378 g/mol. The molecule has 0 atom stereocenters. The third kappa shape index (κ3) is 3.60. The minimum atomic E-state index is -0.577. The number of nitrogens with zero attached hydrogens (tertiary/aromatic N) is 4. The standard InChI is InChI=1S/C20H14ClN5O2/c21-15-6-4-13(5-7-15)12-26-17-14(3-1-8-22-17)11-16(19(26)28)18(27)25-20-23-9-2-10-24-20/h1-11H,12H2,(H,23,24,25,27). The van der Waals surface area contributed by atoms with Crippen LogP contribution in [-0.2, 0) is 6.54 Å². The first kappa shape index (κ1) is 17.8. The van der Waals surface area contributed by atoms with Gasteiger partial charge in [-0.25, -0.2) is 15.0 Å². The molecule has 1 aromatic carbocycles. The van der Waals surface area contributed by atoms with E-state index in [1.807, 2.05) is 12.1 Å². The van der Waals surface area contributed by atoms with Gasteiger partial charge in [0, 0.05) is 29.0 Å². The monoisotopic (exact) mass is 391 g/mol. The molecule has 0 aliphatic carbocycles. The summed E-state index contributed by atoms with van der Waals surface area (Å²) < 4.78 is 1.47. The summed E-state index contributed by atoms with van der Waals surface area (Å²) in [6.07, 6.45) is 4.62. The van der Waals surface area contributed by atoms with Crippen LogP contribution in [0.15, 0.2) is 71.9 Å². The first-order valence-corrected chi connectivity index (χ1v) is 8.81. The van der Waals surface area contributed by atoms with E-state index in [9.17, 15) is 9.59 Å². The van der Waals surface area contributed by atoms with Crippen molar-refractivity contribution in [2.45, 2.75) is 6.54 Å². The fourth-order valence-corrected chi connectivity index (χ4v) is 2.95. The van der Waals surface area contributed by atoms with Gasteiger partial charge in [-0.15, -0.1) is 0 Å². The van der Waals surface area contributed by atoms with Gasteiger partial charge in [-0.3, -0.25) is 19.5 Å². The van der Waals surface area contributed by atoms with Crippen molar-refractivity contribution in [1.82, 2.24) is 19.5 Å². The molecule has 0 fully saturated rings. The summed E-state index contributed by atoms with van der Waals surface area (Å²) >= 11 is 5.94. The Labute approximate surface area is 164 Å². The lowest BCUT2D eigenvalue weighted by atomic mass is 10.1. The van der Waals surface area contributed by atoms with Gasteiger partial charge in [0.15, 0.2) is 0 Å². The molecule has 0 aliphatic rings. The van der Waals surface area contributed by atoms with Crippen LogP contribution >= 0.6 is 11.6 Å². The maximum absolute atomic E-state index is 13.1. The Kier molecular flexibility index (Phi) is 4.82. The van der Waals surface area contributed by atoms with Crippen LogP contribution in [0.1, 0.15) is 15.9 Å². The largest absolute Gasteiger partial charge is 0.290 e. The summed E-state index contributed by atoms with van der Waals surface area (Å²) in [7, 11) is 0. The number of benzene rings is 1. The number of carbonyl (C=O) groups excluding carboxylic acids is 1. The van der Waals surface area contributed by atoms with E-state index in [2.05, 4.69) is 20.3 Å². The number of halogens is 1. The summed E-state index contributed by atoms with van der Waals surface area (Å²) in [4.78, 5) is 38.0. The lowest BCUT2D eigenvalue weighted by molar-refractivity contribution is 0.102. The average Bonchev–Trinajstić information content (AvgIpc) is 2.72. The van der Waals surface area contributed by atoms with Gasteiger partial charge in [0.25, 0.3) is 11.5 Å². The van der Waals surface area contributed by atoms with Crippen molar-refractivity contribution in [2.75, 3.05) is 5.32 Å². The third-order valence-electron chi connectivity index (χ3n) is 4.14. The highest BCUT2D eigenvalue weighted by atomic mass is 35.5. The maximum Gasteiger partial charge on any atom is 0.265 e. The Morgan fingerprint density at radius 2 is 1.71 bits per heavy atom. The van der Waals surface area contributed by atoms with E-state index >= 15 is 0 Å². The van der Waals surface area contributed by atoms with Crippen molar-refractivity contribution in [3.63, 3.8) is 0 Å². The molecular formula is C20H14ClN5O2. The molecule has 0 radical (unpaired) electrons. The molecule has 3 heterocycles. The predicted octanol–water partition coefficient (Wildman–Crippen LogP) is 3.14. The lowest BCUT2D eigenvalue weighted by Gasteiger charge is -2.12. The summed E-state index contributed by atoms with van der Waals surface area (Å²) in [6.45, 7) is 0.256. The van der Waals surface area contributed by atoms with Gasteiger partial charge in [-0.05, 0) is 42.0 Å². The van der Waals surface area contributed by atoms with E-state index in [4.69, 9.17) is 11.6 Å². The summed E-state index contributed by atoms with van der Waals surface area (Å²) in [6, 6.07) is 13.9. The normalized spacial score (nSPS) is 10.8. The number of nitrogens with one attached hydrogen (secondary N) is 1. The topological polar surface area (TPSA) is 89.8 Å². The molecule has 3 aromatic heterocycles. The zero-order valence-corrected chi connectivity index (χ0v) is 15.3. The zero-order valence-electron chi connectivity index (χ0n) is 14.5. The SMILES string of the molecule is O=C(Nc1ncccn1)c1cc2cccnc2n(Cc2ccc(Cl)cc2)c1=O. The predicted molar refractivity (Wildman–Crippen MR) is 107 cm³/mol. The smallest absolute Gasteiger partial charge is 0.265 e. The molecule has 0 saturated carbocycles. The average molecular weight is 392 g/mol.